The summed E-state index contributed by atoms with van der Waals surface area (Å²) in [5.74, 6) is -1.14. The number of hydrogen-bond donors (Lipinski definition) is 2. The van der Waals surface area contributed by atoms with Gasteiger partial charge in [0.1, 0.15) is 0 Å². The maximum atomic E-state index is 13.5. The van der Waals surface area contributed by atoms with Gasteiger partial charge in [0, 0.05) is 32.4 Å². The van der Waals surface area contributed by atoms with E-state index < -0.39 is 57.9 Å². The highest BCUT2D eigenvalue weighted by molar-refractivity contribution is 5.75. The molecule has 0 unspecified atom stereocenters. The number of nitrogens with one attached hydrogen (secondary N) is 2. The predicted octanol–water partition coefficient (Wildman–Crippen LogP) is 4.93. The highest BCUT2D eigenvalue weighted by atomic mass is 19.4. The Kier molecular flexibility index (Phi) is 11.1. The van der Waals surface area contributed by atoms with Crippen LogP contribution in [0.2, 0.25) is 0 Å². The molecule has 0 amide bonds. The van der Waals surface area contributed by atoms with Gasteiger partial charge in [-0.2, -0.15) is 13.2 Å². The van der Waals surface area contributed by atoms with E-state index in [9.17, 15) is 37.1 Å². The van der Waals surface area contributed by atoms with E-state index in [4.69, 9.17) is 4.74 Å². The van der Waals surface area contributed by atoms with Crippen LogP contribution in [0.5, 0.6) is 0 Å². The zero-order valence-corrected chi connectivity index (χ0v) is 29.8. The van der Waals surface area contributed by atoms with E-state index in [1.807, 2.05) is 48.6 Å². The lowest BCUT2D eigenvalue weighted by Gasteiger charge is -2.30. The topological polar surface area (TPSA) is 146 Å². The molecule has 4 atom stereocenters. The predicted molar refractivity (Wildman–Crippen MR) is 193 cm³/mol. The lowest BCUT2D eigenvalue weighted by molar-refractivity contribution is -0.152. The fourth-order valence-corrected chi connectivity index (χ4v) is 6.27. The smallest absolute Gasteiger partial charge is 0.414 e. The number of hydrogen-bond acceptors (Lipinski definition) is 6. The van der Waals surface area contributed by atoms with Crippen LogP contribution < -0.4 is 22.8 Å². The summed E-state index contributed by atoms with van der Waals surface area (Å²) in [6.45, 7) is 5.63. The third-order valence-corrected chi connectivity index (χ3v) is 9.12. The fourth-order valence-electron chi connectivity index (χ4n) is 6.27. The SMILES string of the molecule is Cn1c(=O)[nH]n([C@H]2C(C(F)(F)F)=CC=C[C@@H]2c2ccccc2)c1=O.Cn1c(=O)[nH]n([C@H]2C(CCOC(=O)C(C)(C)C)=CC=C[C@@H]2c2ccccc2)c1=O. The number of alkyl halides is 3. The van der Waals surface area contributed by atoms with Gasteiger partial charge in [0.05, 0.1) is 29.7 Å². The van der Waals surface area contributed by atoms with E-state index in [1.165, 1.54) is 24.9 Å². The second-order valence-electron chi connectivity index (χ2n) is 13.8. The molecule has 0 saturated carbocycles. The van der Waals surface area contributed by atoms with Gasteiger partial charge in [-0.1, -0.05) is 97.1 Å². The van der Waals surface area contributed by atoms with Crippen molar-refractivity contribution in [3.8, 4) is 0 Å². The molecule has 2 aromatic carbocycles. The second kappa shape index (κ2) is 15.4. The molecule has 15 heteroatoms. The molecule has 53 heavy (non-hydrogen) atoms. The molecule has 4 aromatic rings. The third kappa shape index (κ3) is 8.29. The third-order valence-electron chi connectivity index (χ3n) is 9.12. The molecule has 0 fully saturated rings. The number of halogens is 3. The summed E-state index contributed by atoms with van der Waals surface area (Å²) < 4.78 is 49.8. The summed E-state index contributed by atoms with van der Waals surface area (Å²) in [6, 6.07) is 16.6. The van der Waals surface area contributed by atoms with Crippen molar-refractivity contribution in [1.82, 2.24) is 28.7 Å². The Labute approximate surface area is 301 Å². The molecule has 0 spiro atoms. The monoisotopic (exact) mass is 734 g/mol. The van der Waals surface area contributed by atoms with E-state index >= 15 is 0 Å². The molecule has 2 aliphatic carbocycles. The first kappa shape index (κ1) is 38.4. The molecule has 0 radical (unpaired) electrons. The van der Waals surface area contributed by atoms with Gasteiger partial charge < -0.3 is 4.74 Å². The second-order valence-corrected chi connectivity index (χ2v) is 13.8. The summed E-state index contributed by atoms with van der Waals surface area (Å²) in [4.78, 5) is 60.7. The Bertz CT molecular complexity index is 2290. The first-order chi connectivity index (χ1) is 25.0. The van der Waals surface area contributed by atoms with Crippen LogP contribution in [0.4, 0.5) is 13.2 Å². The van der Waals surface area contributed by atoms with E-state index in [2.05, 4.69) is 10.2 Å². The van der Waals surface area contributed by atoms with Crippen molar-refractivity contribution in [3.63, 3.8) is 0 Å². The molecular formula is C38H41F3N6O6. The fraction of sp³-hybridized carbons (Fsp3) is 0.342. The van der Waals surface area contributed by atoms with Gasteiger partial charge in [-0.15, -0.1) is 0 Å². The van der Waals surface area contributed by atoms with Gasteiger partial charge in [0.2, 0.25) is 0 Å². The number of ether oxygens (including phenoxy) is 1. The Morgan fingerprint density at radius 1 is 0.717 bits per heavy atom. The van der Waals surface area contributed by atoms with Gasteiger partial charge in [0.15, 0.2) is 0 Å². The number of rotatable bonds is 7. The standard InChI is InChI=1S/C22H27N3O4.C16H14F3N3O2/c1-22(2,3)19(26)29-14-13-16-11-8-12-17(15-9-6-5-7-10-15)18(16)25-21(28)24(4)20(27)23-25;1-21-14(23)20-22(15(21)24)13-11(10-6-3-2-4-7-10)8-5-9-12(13)16(17,18)19/h5-12,17-18H,13-14H2,1-4H3,(H,23,27);2-9,11,13H,1H3,(H,20,23)/t17-,18+;11-,13-/m11/s1. The Morgan fingerprint density at radius 3 is 1.60 bits per heavy atom. The largest absolute Gasteiger partial charge is 0.465 e. The van der Waals surface area contributed by atoms with Crippen LogP contribution in [0.25, 0.3) is 0 Å². The van der Waals surface area contributed by atoms with Crippen LogP contribution in [0, 0.1) is 5.41 Å². The van der Waals surface area contributed by atoms with E-state index in [0.717, 1.165) is 31.0 Å². The molecule has 0 bridgehead atoms. The van der Waals surface area contributed by atoms with Gasteiger partial charge in [0.25, 0.3) is 0 Å². The molecule has 2 aromatic heterocycles. The van der Waals surface area contributed by atoms with Crippen LogP contribution in [0.1, 0.15) is 62.2 Å². The molecule has 0 saturated heterocycles. The average Bonchev–Trinajstić information content (AvgIpc) is 3.54. The van der Waals surface area contributed by atoms with Crippen LogP contribution in [-0.4, -0.2) is 47.4 Å². The van der Waals surface area contributed by atoms with Crippen molar-refractivity contribution in [2.45, 2.75) is 57.3 Å². The molecule has 2 aliphatic rings. The molecule has 6 rings (SSSR count). The molecular weight excluding hydrogens is 693 g/mol. The van der Waals surface area contributed by atoms with Crippen molar-refractivity contribution >= 4 is 5.97 Å². The number of aromatic nitrogens is 6. The van der Waals surface area contributed by atoms with Crippen LogP contribution in [-0.2, 0) is 23.6 Å². The van der Waals surface area contributed by atoms with Gasteiger partial charge in [-0.05, 0) is 37.5 Å². The van der Waals surface area contributed by atoms with Gasteiger partial charge >= 0.3 is 34.9 Å². The van der Waals surface area contributed by atoms with Crippen molar-refractivity contribution in [1.29, 1.82) is 0 Å². The molecule has 12 nitrogen and oxygen atoms in total. The summed E-state index contributed by atoms with van der Waals surface area (Å²) in [5.41, 5.74) is -1.36. The molecule has 2 N–H and O–H groups in total. The zero-order valence-electron chi connectivity index (χ0n) is 29.8. The maximum absolute atomic E-state index is 13.5. The Hall–Kier alpha value is -5.86. The molecule has 280 valence electrons. The molecule has 0 aliphatic heterocycles. The Balaban J connectivity index is 0.000000208. The van der Waals surface area contributed by atoms with Crippen molar-refractivity contribution in [2.75, 3.05) is 6.61 Å². The number of benzene rings is 2. The number of nitrogens with zero attached hydrogens (tertiary/aromatic N) is 4. The zero-order chi connectivity index (χ0) is 38.7. The number of carbonyl (C=O) groups excluding carboxylic acids is 1. The molecule has 2 heterocycles. The number of carbonyl (C=O) groups is 1. The van der Waals surface area contributed by atoms with Gasteiger partial charge in [-0.25, -0.2) is 47.9 Å². The summed E-state index contributed by atoms with van der Waals surface area (Å²) >= 11 is 0. The number of H-pyrrole nitrogens is 2. The highest BCUT2D eigenvalue weighted by Gasteiger charge is 2.44. The normalized spacial score (nSPS) is 19.9. The highest BCUT2D eigenvalue weighted by Crippen LogP contribution is 2.44. The summed E-state index contributed by atoms with van der Waals surface area (Å²) in [7, 11) is 2.66. The van der Waals surface area contributed by atoms with Crippen molar-refractivity contribution < 1.29 is 22.7 Å². The van der Waals surface area contributed by atoms with Crippen LogP contribution in [0.3, 0.4) is 0 Å². The Morgan fingerprint density at radius 2 is 1.17 bits per heavy atom. The van der Waals surface area contributed by atoms with E-state index in [-0.39, 0.29) is 18.5 Å². The quantitative estimate of drug-likeness (QED) is 0.258. The van der Waals surface area contributed by atoms with Crippen molar-refractivity contribution in [3.05, 3.63) is 161 Å². The van der Waals surface area contributed by atoms with E-state index in [1.54, 1.807) is 57.2 Å². The number of aromatic amines is 2. The lowest BCUT2D eigenvalue weighted by atomic mass is 9.82. The van der Waals surface area contributed by atoms with Crippen molar-refractivity contribution in [2.24, 2.45) is 19.5 Å². The number of esters is 1. The minimum Gasteiger partial charge on any atom is -0.465 e. The minimum absolute atomic E-state index is 0.134. The lowest BCUT2D eigenvalue weighted by Crippen LogP contribution is -2.36. The first-order valence-electron chi connectivity index (χ1n) is 16.9. The van der Waals surface area contributed by atoms with E-state index in [0.29, 0.717) is 12.0 Å². The van der Waals surface area contributed by atoms with Crippen LogP contribution in [0.15, 0.2) is 127 Å². The summed E-state index contributed by atoms with van der Waals surface area (Å²) in [6.07, 6.45) is 5.56. The first-order valence-corrected chi connectivity index (χ1v) is 16.9. The van der Waals surface area contributed by atoms with Crippen LogP contribution >= 0.6 is 0 Å². The summed E-state index contributed by atoms with van der Waals surface area (Å²) in [5, 5.41) is 4.89. The number of allylic oxidation sites excluding steroid dienone is 7. The van der Waals surface area contributed by atoms with Gasteiger partial charge in [-0.3, -0.25) is 4.79 Å². The average molecular weight is 735 g/mol. The minimum atomic E-state index is -4.63. The maximum Gasteiger partial charge on any atom is 0.414 e.